The lowest BCUT2D eigenvalue weighted by atomic mass is 10.1. The molecule has 5 nitrogen and oxygen atoms in total. The van der Waals surface area contributed by atoms with Crippen molar-refractivity contribution >= 4 is 27.3 Å². The molecule has 1 aromatic carbocycles. The molecule has 6 heteroatoms. The van der Waals surface area contributed by atoms with Crippen molar-refractivity contribution in [1.29, 1.82) is 0 Å². The van der Waals surface area contributed by atoms with Gasteiger partial charge in [-0.1, -0.05) is 18.2 Å². The maximum absolute atomic E-state index is 12.0. The van der Waals surface area contributed by atoms with Gasteiger partial charge < -0.3 is 5.32 Å². The van der Waals surface area contributed by atoms with Crippen LogP contribution in [-0.4, -0.2) is 20.7 Å². The van der Waals surface area contributed by atoms with Crippen LogP contribution in [0.2, 0.25) is 0 Å². The van der Waals surface area contributed by atoms with E-state index in [9.17, 15) is 4.79 Å². The van der Waals surface area contributed by atoms with Gasteiger partial charge in [0.25, 0.3) is 0 Å². The van der Waals surface area contributed by atoms with Crippen LogP contribution in [0, 0.1) is 0 Å². The van der Waals surface area contributed by atoms with E-state index in [1.807, 2.05) is 19.1 Å². The van der Waals surface area contributed by atoms with Crippen molar-refractivity contribution in [2.24, 2.45) is 0 Å². The van der Waals surface area contributed by atoms with E-state index in [1.165, 1.54) is 22.0 Å². The van der Waals surface area contributed by atoms with Crippen LogP contribution in [0.25, 0.3) is 10.1 Å². The van der Waals surface area contributed by atoms with Crippen LogP contribution in [0.5, 0.6) is 0 Å². The van der Waals surface area contributed by atoms with Crippen LogP contribution in [-0.2, 0) is 11.3 Å². The standard InChI is InChI=1S/C15H16N4OS/c1-11(13-8-21-14-5-3-2-4-12(13)14)18-15(20)6-7-19-10-16-9-17-19/h2-5,8-11H,6-7H2,1H3,(H,18,20)/t11-/m0/s1. The Morgan fingerprint density at radius 1 is 1.43 bits per heavy atom. The molecule has 0 aliphatic carbocycles. The first kappa shape index (κ1) is 13.8. The van der Waals surface area contributed by atoms with Gasteiger partial charge >= 0.3 is 0 Å². The van der Waals surface area contributed by atoms with Crippen LogP contribution >= 0.6 is 11.3 Å². The average Bonchev–Trinajstić information content (AvgIpc) is 3.14. The molecule has 3 rings (SSSR count). The van der Waals surface area contributed by atoms with E-state index < -0.39 is 0 Å². The van der Waals surface area contributed by atoms with E-state index in [1.54, 1.807) is 22.3 Å². The predicted molar refractivity (Wildman–Crippen MR) is 83.0 cm³/mol. The summed E-state index contributed by atoms with van der Waals surface area (Å²) < 4.78 is 2.90. The number of thiophene rings is 1. The molecule has 0 radical (unpaired) electrons. The second kappa shape index (κ2) is 6.05. The molecule has 0 aliphatic heterocycles. The zero-order valence-electron chi connectivity index (χ0n) is 11.7. The second-order valence-corrected chi connectivity index (χ2v) is 5.80. The molecule has 1 N–H and O–H groups in total. The number of hydrogen-bond acceptors (Lipinski definition) is 4. The molecule has 3 aromatic rings. The summed E-state index contributed by atoms with van der Waals surface area (Å²) in [6, 6.07) is 8.26. The Morgan fingerprint density at radius 3 is 3.10 bits per heavy atom. The molecule has 108 valence electrons. The number of amides is 1. The van der Waals surface area contributed by atoms with Gasteiger partial charge in [0.2, 0.25) is 5.91 Å². The molecular formula is C15H16N4OS. The van der Waals surface area contributed by atoms with E-state index in [2.05, 4.69) is 32.9 Å². The lowest BCUT2D eigenvalue weighted by Crippen LogP contribution is -2.27. The van der Waals surface area contributed by atoms with Gasteiger partial charge in [0, 0.05) is 11.1 Å². The summed E-state index contributed by atoms with van der Waals surface area (Å²) >= 11 is 1.71. The number of nitrogens with zero attached hydrogens (tertiary/aromatic N) is 3. The number of hydrogen-bond donors (Lipinski definition) is 1. The summed E-state index contributed by atoms with van der Waals surface area (Å²) in [5.74, 6) is 0.0216. The highest BCUT2D eigenvalue weighted by atomic mass is 32.1. The second-order valence-electron chi connectivity index (χ2n) is 4.88. The van der Waals surface area contributed by atoms with Crippen molar-refractivity contribution in [2.75, 3.05) is 0 Å². The van der Waals surface area contributed by atoms with Crippen LogP contribution in [0.4, 0.5) is 0 Å². The van der Waals surface area contributed by atoms with Crippen LogP contribution in [0.15, 0.2) is 42.3 Å². The Balaban J connectivity index is 1.63. The van der Waals surface area contributed by atoms with E-state index in [4.69, 9.17) is 0 Å². The normalized spacial score (nSPS) is 12.4. The van der Waals surface area contributed by atoms with E-state index in [0.717, 1.165) is 0 Å². The Morgan fingerprint density at radius 2 is 2.29 bits per heavy atom. The van der Waals surface area contributed by atoms with Gasteiger partial charge in [-0.05, 0) is 29.3 Å². The van der Waals surface area contributed by atoms with E-state index >= 15 is 0 Å². The fraction of sp³-hybridized carbons (Fsp3) is 0.267. The smallest absolute Gasteiger partial charge is 0.222 e. The molecular weight excluding hydrogens is 284 g/mol. The molecule has 0 fully saturated rings. The van der Waals surface area contributed by atoms with E-state index in [0.29, 0.717) is 13.0 Å². The molecule has 1 amide bonds. The summed E-state index contributed by atoms with van der Waals surface area (Å²) in [5.41, 5.74) is 1.17. The number of fused-ring (bicyclic) bond motifs is 1. The topological polar surface area (TPSA) is 59.8 Å². The minimum atomic E-state index is 0.00407. The van der Waals surface area contributed by atoms with Gasteiger partial charge in [-0.2, -0.15) is 5.10 Å². The van der Waals surface area contributed by atoms with Crippen LogP contribution < -0.4 is 5.32 Å². The zero-order valence-corrected chi connectivity index (χ0v) is 12.5. The molecule has 2 aromatic heterocycles. The number of rotatable bonds is 5. The summed E-state index contributed by atoms with van der Waals surface area (Å²) in [6.07, 6.45) is 3.48. The van der Waals surface area contributed by atoms with Crippen molar-refractivity contribution in [1.82, 2.24) is 20.1 Å². The van der Waals surface area contributed by atoms with Crippen molar-refractivity contribution < 1.29 is 4.79 Å². The number of benzene rings is 1. The molecule has 0 saturated heterocycles. The number of carbonyl (C=O) groups excluding carboxylic acids is 1. The molecule has 0 aliphatic rings. The fourth-order valence-electron chi connectivity index (χ4n) is 2.29. The maximum Gasteiger partial charge on any atom is 0.222 e. The highest BCUT2D eigenvalue weighted by Crippen LogP contribution is 2.29. The van der Waals surface area contributed by atoms with Crippen molar-refractivity contribution in [3.8, 4) is 0 Å². The molecule has 0 bridgehead atoms. The van der Waals surface area contributed by atoms with Crippen LogP contribution in [0.1, 0.15) is 24.9 Å². The third kappa shape index (κ3) is 3.11. The lowest BCUT2D eigenvalue weighted by Gasteiger charge is -2.13. The van der Waals surface area contributed by atoms with Crippen molar-refractivity contribution in [2.45, 2.75) is 25.9 Å². The number of nitrogens with one attached hydrogen (secondary N) is 1. The maximum atomic E-state index is 12.0. The monoisotopic (exact) mass is 300 g/mol. The number of aromatic nitrogens is 3. The molecule has 0 unspecified atom stereocenters. The molecule has 0 saturated carbocycles. The largest absolute Gasteiger partial charge is 0.349 e. The first-order valence-electron chi connectivity index (χ1n) is 6.82. The minimum Gasteiger partial charge on any atom is -0.349 e. The zero-order chi connectivity index (χ0) is 14.7. The summed E-state index contributed by atoms with van der Waals surface area (Å²) in [5, 5.41) is 10.4. The molecule has 2 heterocycles. The summed E-state index contributed by atoms with van der Waals surface area (Å²) in [7, 11) is 0. The fourth-order valence-corrected chi connectivity index (χ4v) is 3.34. The Labute approximate surface area is 126 Å². The highest BCUT2D eigenvalue weighted by molar-refractivity contribution is 7.17. The first-order chi connectivity index (χ1) is 10.2. The van der Waals surface area contributed by atoms with Gasteiger partial charge in [0.1, 0.15) is 12.7 Å². The highest BCUT2D eigenvalue weighted by Gasteiger charge is 2.13. The summed E-state index contributed by atoms with van der Waals surface area (Å²) in [4.78, 5) is 15.9. The Kier molecular flexibility index (Phi) is 3.96. The van der Waals surface area contributed by atoms with Gasteiger partial charge in [-0.3, -0.25) is 9.48 Å². The van der Waals surface area contributed by atoms with Gasteiger partial charge in [-0.15, -0.1) is 11.3 Å². The lowest BCUT2D eigenvalue weighted by molar-refractivity contribution is -0.122. The summed E-state index contributed by atoms with van der Waals surface area (Å²) in [6.45, 7) is 2.56. The number of carbonyl (C=O) groups is 1. The molecule has 0 spiro atoms. The predicted octanol–water partition coefficient (Wildman–Crippen LogP) is 2.76. The number of aryl methyl sites for hydroxylation is 1. The van der Waals surface area contributed by atoms with Crippen LogP contribution in [0.3, 0.4) is 0 Å². The van der Waals surface area contributed by atoms with Crippen molar-refractivity contribution in [3.05, 3.63) is 47.9 Å². The Hall–Kier alpha value is -2.21. The quantitative estimate of drug-likeness (QED) is 0.788. The SMILES string of the molecule is C[C@H](NC(=O)CCn1cncn1)c1csc2ccccc12. The average molecular weight is 300 g/mol. The van der Waals surface area contributed by atoms with Crippen molar-refractivity contribution in [3.63, 3.8) is 0 Å². The third-order valence-corrected chi connectivity index (χ3v) is 4.37. The Bertz CT molecular complexity index is 735. The van der Waals surface area contributed by atoms with Gasteiger partial charge in [0.05, 0.1) is 12.6 Å². The molecule has 1 atom stereocenters. The first-order valence-corrected chi connectivity index (χ1v) is 7.70. The minimum absolute atomic E-state index is 0.00407. The van der Waals surface area contributed by atoms with Gasteiger partial charge in [-0.25, -0.2) is 4.98 Å². The van der Waals surface area contributed by atoms with Gasteiger partial charge in [0.15, 0.2) is 0 Å². The van der Waals surface area contributed by atoms with E-state index in [-0.39, 0.29) is 11.9 Å². The molecule has 21 heavy (non-hydrogen) atoms. The third-order valence-electron chi connectivity index (χ3n) is 3.39.